The molecule has 0 bridgehead atoms. The maximum atomic E-state index is 10.8. The summed E-state index contributed by atoms with van der Waals surface area (Å²) in [4.78, 5) is 0. The summed E-state index contributed by atoms with van der Waals surface area (Å²) in [5.41, 5.74) is 2.16. The van der Waals surface area contributed by atoms with Gasteiger partial charge in [0.25, 0.3) is 0 Å². The average Bonchev–Trinajstić information content (AvgIpc) is 2.32. The van der Waals surface area contributed by atoms with Gasteiger partial charge in [-0.1, -0.05) is 50.5 Å². The molecule has 1 N–H and O–H groups in total. The fraction of sp³-hybridized carbons (Fsp3) is 0.625. The molecule has 1 aromatic rings. The molecule has 0 radical (unpaired) electrons. The minimum absolute atomic E-state index is 0.453. The van der Waals surface area contributed by atoms with Crippen LogP contribution in [0.4, 0.5) is 0 Å². The van der Waals surface area contributed by atoms with E-state index >= 15 is 0 Å². The van der Waals surface area contributed by atoms with Crippen molar-refractivity contribution in [2.24, 2.45) is 5.92 Å². The van der Waals surface area contributed by atoms with Gasteiger partial charge in [-0.25, -0.2) is 0 Å². The summed E-state index contributed by atoms with van der Waals surface area (Å²) in [6.45, 7) is 4.38. The third-order valence-corrected chi connectivity index (χ3v) is 4.28. The summed E-state index contributed by atoms with van der Waals surface area (Å²) in [7, 11) is 0. The van der Waals surface area contributed by atoms with Crippen molar-refractivity contribution in [3.63, 3.8) is 0 Å². The van der Waals surface area contributed by atoms with Crippen LogP contribution in [0, 0.1) is 12.8 Å². The molecule has 2 rings (SSSR count). The van der Waals surface area contributed by atoms with Crippen molar-refractivity contribution in [3.05, 3.63) is 35.4 Å². The Morgan fingerprint density at radius 3 is 2.82 bits per heavy atom. The largest absolute Gasteiger partial charge is 0.390 e. The van der Waals surface area contributed by atoms with E-state index in [-0.39, 0.29) is 0 Å². The molecule has 0 saturated heterocycles. The van der Waals surface area contributed by atoms with Crippen LogP contribution in [0.25, 0.3) is 0 Å². The van der Waals surface area contributed by atoms with E-state index in [0.717, 1.165) is 25.2 Å². The molecule has 94 valence electrons. The van der Waals surface area contributed by atoms with Crippen molar-refractivity contribution in [1.29, 1.82) is 0 Å². The fourth-order valence-corrected chi connectivity index (χ4v) is 3.13. The van der Waals surface area contributed by atoms with Crippen LogP contribution in [0.5, 0.6) is 0 Å². The molecule has 1 aliphatic rings. The first-order chi connectivity index (χ1) is 8.13. The number of hydrogen-bond donors (Lipinski definition) is 1. The number of aryl methyl sites for hydroxylation is 1. The van der Waals surface area contributed by atoms with E-state index in [1.54, 1.807) is 0 Å². The van der Waals surface area contributed by atoms with E-state index in [0.29, 0.717) is 0 Å². The molecule has 0 aromatic heterocycles. The van der Waals surface area contributed by atoms with Crippen LogP contribution in [-0.2, 0) is 6.42 Å². The Bertz CT molecular complexity index is 372. The highest BCUT2D eigenvalue weighted by molar-refractivity contribution is 5.27. The van der Waals surface area contributed by atoms with Crippen LogP contribution >= 0.6 is 0 Å². The summed E-state index contributed by atoms with van der Waals surface area (Å²) in [5, 5.41) is 10.8. The Balaban J connectivity index is 2.09. The summed E-state index contributed by atoms with van der Waals surface area (Å²) >= 11 is 0. The van der Waals surface area contributed by atoms with Gasteiger partial charge in [0.05, 0.1) is 5.60 Å². The zero-order valence-corrected chi connectivity index (χ0v) is 11.1. The van der Waals surface area contributed by atoms with E-state index in [9.17, 15) is 5.11 Å². The van der Waals surface area contributed by atoms with Crippen LogP contribution in [0.3, 0.4) is 0 Å². The molecule has 0 amide bonds. The molecular formula is C16H24O. The van der Waals surface area contributed by atoms with Crippen molar-refractivity contribution < 1.29 is 5.11 Å². The maximum absolute atomic E-state index is 10.8. The molecule has 17 heavy (non-hydrogen) atoms. The molecule has 0 aliphatic heterocycles. The first-order valence-electron chi connectivity index (χ1n) is 6.90. The SMILES string of the molecule is CCC1CCCC(O)(Cc2ccccc2C)C1. The monoisotopic (exact) mass is 232 g/mol. The van der Waals surface area contributed by atoms with Crippen LogP contribution in [0.15, 0.2) is 24.3 Å². The van der Waals surface area contributed by atoms with Crippen molar-refractivity contribution in [2.45, 2.75) is 58.0 Å². The van der Waals surface area contributed by atoms with Gasteiger partial charge in [-0.15, -0.1) is 0 Å². The smallest absolute Gasteiger partial charge is 0.0690 e. The molecule has 1 aliphatic carbocycles. The summed E-state index contributed by atoms with van der Waals surface area (Å²) in [5.74, 6) is 0.720. The van der Waals surface area contributed by atoms with Gasteiger partial charge in [0, 0.05) is 6.42 Å². The standard InChI is InChI=1S/C16H24O/c1-3-14-8-6-10-16(17,11-14)12-15-9-5-4-7-13(15)2/h4-5,7,9,14,17H,3,6,8,10-12H2,1-2H3. The van der Waals surface area contributed by atoms with Gasteiger partial charge < -0.3 is 5.11 Å². The predicted octanol–water partition coefficient (Wildman–Crippen LogP) is 3.87. The lowest BCUT2D eigenvalue weighted by Gasteiger charge is -2.37. The number of hydrogen-bond acceptors (Lipinski definition) is 1. The van der Waals surface area contributed by atoms with Gasteiger partial charge in [0.1, 0.15) is 0 Å². The third-order valence-electron chi connectivity index (χ3n) is 4.28. The van der Waals surface area contributed by atoms with E-state index in [4.69, 9.17) is 0 Å². The second-order valence-corrected chi connectivity index (χ2v) is 5.70. The highest BCUT2D eigenvalue weighted by Gasteiger charge is 2.33. The highest BCUT2D eigenvalue weighted by Crippen LogP contribution is 2.36. The Kier molecular flexibility index (Phi) is 3.88. The van der Waals surface area contributed by atoms with E-state index in [1.807, 2.05) is 0 Å². The Labute approximate surface area is 105 Å². The number of rotatable bonds is 3. The molecule has 1 fully saturated rings. The van der Waals surface area contributed by atoms with Crippen molar-refractivity contribution in [3.8, 4) is 0 Å². The second kappa shape index (κ2) is 5.22. The van der Waals surface area contributed by atoms with Gasteiger partial charge in [0.15, 0.2) is 0 Å². The Morgan fingerprint density at radius 1 is 1.35 bits per heavy atom. The normalized spacial score (nSPS) is 29.2. The summed E-state index contributed by atoms with van der Waals surface area (Å²) in [6.07, 6.45) is 6.47. The molecule has 1 aromatic carbocycles. The number of aliphatic hydroxyl groups is 1. The quantitative estimate of drug-likeness (QED) is 0.838. The van der Waals surface area contributed by atoms with E-state index in [1.165, 1.54) is 30.4 Å². The van der Waals surface area contributed by atoms with Crippen LogP contribution in [-0.4, -0.2) is 10.7 Å². The lowest BCUT2D eigenvalue weighted by atomic mass is 9.74. The van der Waals surface area contributed by atoms with Crippen molar-refractivity contribution in [2.75, 3.05) is 0 Å². The second-order valence-electron chi connectivity index (χ2n) is 5.70. The zero-order valence-electron chi connectivity index (χ0n) is 11.1. The molecule has 1 nitrogen and oxygen atoms in total. The van der Waals surface area contributed by atoms with Gasteiger partial charge >= 0.3 is 0 Å². The Morgan fingerprint density at radius 2 is 2.12 bits per heavy atom. The lowest BCUT2D eigenvalue weighted by Crippen LogP contribution is -2.37. The van der Waals surface area contributed by atoms with Gasteiger partial charge in [-0.3, -0.25) is 0 Å². The highest BCUT2D eigenvalue weighted by atomic mass is 16.3. The summed E-state index contributed by atoms with van der Waals surface area (Å²) in [6, 6.07) is 8.44. The Hall–Kier alpha value is -0.820. The molecule has 2 unspecified atom stereocenters. The zero-order chi connectivity index (χ0) is 12.3. The average molecular weight is 232 g/mol. The fourth-order valence-electron chi connectivity index (χ4n) is 3.13. The minimum atomic E-state index is -0.453. The molecular weight excluding hydrogens is 208 g/mol. The third kappa shape index (κ3) is 3.10. The van der Waals surface area contributed by atoms with Crippen LogP contribution in [0.1, 0.15) is 50.2 Å². The topological polar surface area (TPSA) is 20.2 Å². The predicted molar refractivity (Wildman–Crippen MR) is 72.1 cm³/mol. The number of benzene rings is 1. The van der Waals surface area contributed by atoms with Gasteiger partial charge in [-0.05, 0) is 36.8 Å². The first kappa shape index (κ1) is 12.6. The molecule has 0 heterocycles. The molecule has 1 saturated carbocycles. The minimum Gasteiger partial charge on any atom is -0.390 e. The van der Waals surface area contributed by atoms with Crippen molar-refractivity contribution in [1.82, 2.24) is 0 Å². The van der Waals surface area contributed by atoms with Gasteiger partial charge in [-0.2, -0.15) is 0 Å². The molecule has 1 heteroatoms. The maximum Gasteiger partial charge on any atom is 0.0690 e. The van der Waals surface area contributed by atoms with Crippen LogP contribution in [0.2, 0.25) is 0 Å². The summed E-state index contributed by atoms with van der Waals surface area (Å²) < 4.78 is 0. The van der Waals surface area contributed by atoms with E-state index in [2.05, 4.69) is 38.1 Å². The lowest BCUT2D eigenvalue weighted by molar-refractivity contribution is -0.0163. The van der Waals surface area contributed by atoms with Crippen molar-refractivity contribution >= 4 is 0 Å². The van der Waals surface area contributed by atoms with Gasteiger partial charge in [0.2, 0.25) is 0 Å². The van der Waals surface area contributed by atoms with E-state index < -0.39 is 5.60 Å². The molecule has 2 atom stereocenters. The van der Waals surface area contributed by atoms with Crippen LogP contribution < -0.4 is 0 Å². The first-order valence-corrected chi connectivity index (χ1v) is 6.90. The molecule has 0 spiro atoms.